The van der Waals surface area contributed by atoms with Crippen LogP contribution in [0.15, 0.2) is 48.5 Å². The number of carbonyl (C=O) groups is 2. The van der Waals surface area contributed by atoms with Crippen LogP contribution in [-0.4, -0.2) is 37.0 Å². The van der Waals surface area contributed by atoms with Gasteiger partial charge in [-0.05, 0) is 67.9 Å². The maximum Gasteiger partial charge on any atom is 0.337 e. The zero-order valence-corrected chi connectivity index (χ0v) is 15.3. The monoisotopic (exact) mass is 370 g/mol. The van der Waals surface area contributed by atoms with Gasteiger partial charge in [0.1, 0.15) is 5.82 Å². The summed E-state index contributed by atoms with van der Waals surface area (Å²) in [6.07, 6.45) is 1.57. The Morgan fingerprint density at radius 2 is 1.70 bits per heavy atom. The SMILES string of the molecule is COC(=O)c1ccc(NC(=O)C2CCN(Cc3ccc(F)cc3)CC2)cc1. The first-order valence-corrected chi connectivity index (χ1v) is 9.01. The first-order chi connectivity index (χ1) is 13.0. The largest absolute Gasteiger partial charge is 0.465 e. The van der Waals surface area contributed by atoms with E-state index in [2.05, 4.69) is 15.0 Å². The number of hydrogen-bond donors (Lipinski definition) is 1. The quantitative estimate of drug-likeness (QED) is 0.819. The van der Waals surface area contributed by atoms with Crippen molar-refractivity contribution in [1.29, 1.82) is 0 Å². The van der Waals surface area contributed by atoms with Crippen LogP contribution in [0.4, 0.5) is 10.1 Å². The van der Waals surface area contributed by atoms with Crippen LogP contribution < -0.4 is 5.32 Å². The molecule has 1 heterocycles. The summed E-state index contributed by atoms with van der Waals surface area (Å²) in [6.45, 7) is 2.43. The molecule has 1 saturated heterocycles. The molecule has 142 valence electrons. The standard InChI is InChI=1S/C21H23FN2O3/c1-27-21(26)17-4-8-19(9-5-17)23-20(25)16-10-12-24(13-11-16)14-15-2-6-18(22)7-3-15/h2-9,16H,10-14H2,1H3,(H,23,25). The lowest BCUT2D eigenvalue weighted by Gasteiger charge is -2.31. The van der Waals surface area contributed by atoms with Crippen LogP contribution in [0, 0.1) is 11.7 Å². The summed E-state index contributed by atoms with van der Waals surface area (Å²) >= 11 is 0. The van der Waals surface area contributed by atoms with E-state index in [-0.39, 0.29) is 17.6 Å². The van der Waals surface area contributed by atoms with Gasteiger partial charge in [0.25, 0.3) is 0 Å². The van der Waals surface area contributed by atoms with E-state index in [1.165, 1.54) is 19.2 Å². The molecule has 0 atom stereocenters. The maximum atomic E-state index is 13.0. The Kier molecular flexibility index (Phi) is 6.19. The van der Waals surface area contributed by atoms with Crippen molar-refractivity contribution in [3.05, 3.63) is 65.5 Å². The number of benzene rings is 2. The number of nitrogens with zero attached hydrogens (tertiary/aromatic N) is 1. The highest BCUT2D eigenvalue weighted by molar-refractivity contribution is 5.94. The summed E-state index contributed by atoms with van der Waals surface area (Å²) in [5.41, 5.74) is 2.19. The number of anilines is 1. The van der Waals surface area contributed by atoms with Crippen molar-refractivity contribution >= 4 is 17.6 Å². The van der Waals surface area contributed by atoms with E-state index in [0.29, 0.717) is 11.3 Å². The first-order valence-electron chi connectivity index (χ1n) is 9.01. The van der Waals surface area contributed by atoms with Gasteiger partial charge in [-0.1, -0.05) is 12.1 Å². The number of piperidine rings is 1. The Hall–Kier alpha value is -2.73. The summed E-state index contributed by atoms with van der Waals surface area (Å²) in [5, 5.41) is 2.92. The number of carbonyl (C=O) groups excluding carboxylic acids is 2. The second-order valence-corrected chi connectivity index (χ2v) is 6.74. The molecule has 27 heavy (non-hydrogen) atoms. The third-order valence-corrected chi connectivity index (χ3v) is 4.85. The number of esters is 1. The van der Waals surface area contributed by atoms with Crippen molar-refractivity contribution < 1.29 is 18.7 Å². The van der Waals surface area contributed by atoms with Gasteiger partial charge in [0.05, 0.1) is 12.7 Å². The Morgan fingerprint density at radius 3 is 2.30 bits per heavy atom. The van der Waals surface area contributed by atoms with Crippen molar-refractivity contribution in [3.8, 4) is 0 Å². The molecule has 5 nitrogen and oxygen atoms in total. The average Bonchev–Trinajstić information content (AvgIpc) is 2.70. The second kappa shape index (κ2) is 8.77. The molecule has 1 aliphatic rings. The molecular weight excluding hydrogens is 347 g/mol. The lowest BCUT2D eigenvalue weighted by atomic mass is 9.95. The van der Waals surface area contributed by atoms with Crippen LogP contribution in [0.3, 0.4) is 0 Å². The number of ether oxygens (including phenoxy) is 1. The van der Waals surface area contributed by atoms with Crippen molar-refractivity contribution in [3.63, 3.8) is 0 Å². The topological polar surface area (TPSA) is 58.6 Å². The highest BCUT2D eigenvalue weighted by atomic mass is 19.1. The molecule has 0 radical (unpaired) electrons. The third-order valence-electron chi connectivity index (χ3n) is 4.85. The van der Waals surface area contributed by atoms with Crippen molar-refractivity contribution in [1.82, 2.24) is 4.90 Å². The Labute approximate surface area is 158 Å². The van der Waals surface area contributed by atoms with Gasteiger partial charge in [0.15, 0.2) is 0 Å². The second-order valence-electron chi connectivity index (χ2n) is 6.74. The van der Waals surface area contributed by atoms with Gasteiger partial charge in [0.2, 0.25) is 5.91 Å². The van der Waals surface area contributed by atoms with Crippen molar-refractivity contribution in [2.24, 2.45) is 5.92 Å². The van der Waals surface area contributed by atoms with Gasteiger partial charge in [-0.15, -0.1) is 0 Å². The highest BCUT2D eigenvalue weighted by Gasteiger charge is 2.25. The van der Waals surface area contributed by atoms with E-state index in [4.69, 9.17) is 0 Å². The number of likely N-dealkylation sites (tertiary alicyclic amines) is 1. The fourth-order valence-electron chi connectivity index (χ4n) is 3.25. The molecule has 0 aromatic heterocycles. The summed E-state index contributed by atoms with van der Waals surface area (Å²) < 4.78 is 17.6. The minimum Gasteiger partial charge on any atom is -0.465 e. The molecule has 1 N–H and O–H groups in total. The molecule has 1 fully saturated rings. The minimum absolute atomic E-state index is 0.00208. The molecule has 3 rings (SSSR count). The Balaban J connectivity index is 1.48. The van der Waals surface area contributed by atoms with E-state index >= 15 is 0 Å². The molecule has 0 aliphatic carbocycles. The maximum absolute atomic E-state index is 13.0. The zero-order chi connectivity index (χ0) is 19.2. The summed E-state index contributed by atoms with van der Waals surface area (Å²) in [4.78, 5) is 26.2. The molecule has 2 aromatic rings. The predicted octanol–water partition coefficient (Wildman–Crippen LogP) is 3.46. The third kappa shape index (κ3) is 5.14. The van der Waals surface area contributed by atoms with E-state index in [0.717, 1.165) is 38.0 Å². The van der Waals surface area contributed by atoms with Gasteiger partial charge >= 0.3 is 5.97 Å². The number of hydrogen-bond acceptors (Lipinski definition) is 4. The van der Waals surface area contributed by atoms with Gasteiger partial charge in [-0.3, -0.25) is 9.69 Å². The van der Waals surface area contributed by atoms with Crippen LogP contribution in [-0.2, 0) is 16.1 Å². The Bertz CT molecular complexity index is 782. The van der Waals surface area contributed by atoms with Crippen LogP contribution >= 0.6 is 0 Å². The zero-order valence-electron chi connectivity index (χ0n) is 15.3. The van der Waals surface area contributed by atoms with Gasteiger partial charge in [-0.2, -0.15) is 0 Å². The van der Waals surface area contributed by atoms with E-state index < -0.39 is 5.97 Å². The summed E-state index contributed by atoms with van der Waals surface area (Å²) in [7, 11) is 1.33. The number of halogens is 1. The number of rotatable bonds is 5. The fourth-order valence-corrected chi connectivity index (χ4v) is 3.25. The van der Waals surface area contributed by atoms with Crippen molar-refractivity contribution in [2.45, 2.75) is 19.4 Å². The number of methoxy groups -OCH3 is 1. The van der Waals surface area contributed by atoms with Crippen LogP contribution in [0.2, 0.25) is 0 Å². The van der Waals surface area contributed by atoms with E-state index in [1.54, 1.807) is 36.4 Å². The number of amides is 1. The fraction of sp³-hybridized carbons (Fsp3) is 0.333. The lowest BCUT2D eigenvalue weighted by molar-refractivity contribution is -0.121. The van der Waals surface area contributed by atoms with E-state index in [9.17, 15) is 14.0 Å². The molecule has 0 unspecified atom stereocenters. The highest BCUT2D eigenvalue weighted by Crippen LogP contribution is 2.21. The molecule has 6 heteroatoms. The van der Waals surface area contributed by atoms with E-state index in [1.807, 2.05) is 0 Å². The molecule has 1 aliphatic heterocycles. The lowest BCUT2D eigenvalue weighted by Crippen LogP contribution is -2.37. The molecule has 1 amide bonds. The average molecular weight is 370 g/mol. The molecule has 0 bridgehead atoms. The molecule has 0 spiro atoms. The normalized spacial score (nSPS) is 15.3. The van der Waals surface area contributed by atoms with Gasteiger partial charge in [-0.25, -0.2) is 9.18 Å². The van der Waals surface area contributed by atoms with Gasteiger partial charge in [0, 0.05) is 18.2 Å². The minimum atomic E-state index is -0.401. The van der Waals surface area contributed by atoms with Crippen LogP contribution in [0.5, 0.6) is 0 Å². The van der Waals surface area contributed by atoms with Crippen LogP contribution in [0.1, 0.15) is 28.8 Å². The first kappa shape index (κ1) is 19.0. The van der Waals surface area contributed by atoms with Crippen molar-refractivity contribution in [2.75, 3.05) is 25.5 Å². The smallest absolute Gasteiger partial charge is 0.337 e. The van der Waals surface area contributed by atoms with Crippen LogP contribution in [0.25, 0.3) is 0 Å². The Morgan fingerprint density at radius 1 is 1.07 bits per heavy atom. The predicted molar refractivity (Wildman–Crippen MR) is 101 cm³/mol. The van der Waals surface area contributed by atoms with Gasteiger partial charge < -0.3 is 10.1 Å². The number of nitrogens with one attached hydrogen (secondary N) is 1. The summed E-state index contributed by atoms with van der Waals surface area (Å²) in [5.74, 6) is -0.660. The molecular formula is C21H23FN2O3. The summed E-state index contributed by atoms with van der Waals surface area (Å²) in [6, 6.07) is 13.2. The molecule has 0 saturated carbocycles. The molecule has 2 aromatic carbocycles.